The Bertz CT molecular complexity index is 460. The first kappa shape index (κ1) is 15.9. The molecule has 106 valence electrons. The van der Waals surface area contributed by atoms with Gasteiger partial charge in [-0.25, -0.2) is 14.6 Å². The second-order valence-electron chi connectivity index (χ2n) is 5.16. The van der Waals surface area contributed by atoms with Crippen LogP contribution in [0.5, 0.6) is 0 Å². The van der Waals surface area contributed by atoms with Gasteiger partial charge in [0.2, 0.25) is 0 Å². The molecule has 19 heavy (non-hydrogen) atoms. The minimum Gasteiger partial charge on any atom is -0.443 e. The van der Waals surface area contributed by atoms with Gasteiger partial charge in [0.05, 0.1) is 6.04 Å². The van der Waals surface area contributed by atoms with Crippen LogP contribution in [-0.4, -0.2) is 11.7 Å². The van der Waals surface area contributed by atoms with E-state index >= 15 is 0 Å². The SMILES string of the molecule is CC(NNC(=O)OC(C)(C)C)c1cc(Br)ccc1F. The molecule has 1 aromatic carbocycles. The monoisotopic (exact) mass is 332 g/mol. The van der Waals surface area contributed by atoms with Crippen molar-refractivity contribution in [3.05, 3.63) is 34.1 Å². The number of carbonyl (C=O) groups excluding carboxylic acids is 1. The van der Waals surface area contributed by atoms with Crippen molar-refractivity contribution in [1.29, 1.82) is 0 Å². The second-order valence-corrected chi connectivity index (χ2v) is 6.07. The summed E-state index contributed by atoms with van der Waals surface area (Å²) < 4.78 is 19.4. The maximum absolute atomic E-state index is 13.6. The van der Waals surface area contributed by atoms with Gasteiger partial charge in [0.15, 0.2) is 0 Å². The Morgan fingerprint density at radius 3 is 2.63 bits per heavy atom. The van der Waals surface area contributed by atoms with E-state index in [9.17, 15) is 9.18 Å². The number of hydrazine groups is 1. The molecular weight excluding hydrogens is 315 g/mol. The Kier molecular flexibility index (Phi) is 5.31. The molecule has 0 heterocycles. The topological polar surface area (TPSA) is 50.4 Å². The van der Waals surface area contributed by atoms with E-state index in [1.54, 1.807) is 39.8 Å². The fourth-order valence-electron chi connectivity index (χ4n) is 1.39. The summed E-state index contributed by atoms with van der Waals surface area (Å²) in [5, 5.41) is 0. The minimum absolute atomic E-state index is 0.339. The zero-order chi connectivity index (χ0) is 14.6. The molecule has 0 bridgehead atoms. The molecule has 0 radical (unpaired) electrons. The fraction of sp³-hybridized carbons (Fsp3) is 0.462. The van der Waals surface area contributed by atoms with Crippen LogP contribution in [0.4, 0.5) is 9.18 Å². The van der Waals surface area contributed by atoms with Crippen molar-refractivity contribution >= 4 is 22.0 Å². The van der Waals surface area contributed by atoms with Crippen LogP contribution < -0.4 is 10.9 Å². The van der Waals surface area contributed by atoms with Gasteiger partial charge in [0, 0.05) is 10.0 Å². The lowest BCUT2D eigenvalue weighted by atomic mass is 10.1. The number of hydrogen-bond donors (Lipinski definition) is 2. The summed E-state index contributed by atoms with van der Waals surface area (Å²) in [7, 11) is 0. The van der Waals surface area contributed by atoms with Crippen molar-refractivity contribution in [2.24, 2.45) is 0 Å². The minimum atomic E-state index is -0.602. The van der Waals surface area contributed by atoms with Crippen LogP contribution in [0.15, 0.2) is 22.7 Å². The molecule has 1 rings (SSSR count). The molecule has 0 saturated carbocycles. The Morgan fingerprint density at radius 1 is 1.42 bits per heavy atom. The summed E-state index contributed by atoms with van der Waals surface area (Å²) in [5.41, 5.74) is 4.97. The van der Waals surface area contributed by atoms with Gasteiger partial charge in [-0.15, -0.1) is 0 Å². The maximum Gasteiger partial charge on any atom is 0.422 e. The van der Waals surface area contributed by atoms with Crippen molar-refractivity contribution in [2.45, 2.75) is 39.3 Å². The van der Waals surface area contributed by atoms with Gasteiger partial charge in [0.25, 0.3) is 0 Å². The van der Waals surface area contributed by atoms with Gasteiger partial charge in [-0.2, -0.15) is 0 Å². The van der Waals surface area contributed by atoms with Crippen molar-refractivity contribution in [1.82, 2.24) is 10.9 Å². The van der Waals surface area contributed by atoms with Crippen LogP contribution >= 0.6 is 15.9 Å². The van der Waals surface area contributed by atoms with Crippen LogP contribution in [0.2, 0.25) is 0 Å². The number of carbonyl (C=O) groups is 1. The standard InChI is InChI=1S/C13H18BrFN2O2/c1-8(10-7-9(14)5-6-11(10)15)16-17-12(18)19-13(2,3)4/h5-8,16H,1-4H3,(H,17,18). The van der Waals surface area contributed by atoms with Crippen molar-refractivity contribution in [2.75, 3.05) is 0 Å². The number of rotatable bonds is 3. The molecule has 1 aromatic rings. The van der Waals surface area contributed by atoms with E-state index in [0.29, 0.717) is 5.56 Å². The highest BCUT2D eigenvalue weighted by Crippen LogP contribution is 2.21. The number of benzene rings is 1. The molecule has 1 atom stereocenters. The van der Waals surface area contributed by atoms with Gasteiger partial charge in [-0.1, -0.05) is 15.9 Å². The van der Waals surface area contributed by atoms with Crippen LogP contribution in [-0.2, 0) is 4.74 Å². The first-order valence-electron chi connectivity index (χ1n) is 5.88. The highest BCUT2D eigenvalue weighted by molar-refractivity contribution is 9.10. The second kappa shape index (κ2) is 6.34. The first-order valence-corrected chi connectivity index (χ1v) is 6.68. The molecule has 2 N–H and O–H groups in total. The zero-order valence-electron chi connectivity index (χ0n) is 11.4. The Balaban J connectivity index is 2.58. The highest BCUT2D eigenvalue weighted by Gasteiger charge is 2.17. The molecule has 0 aliphatic heterocycles. The third-order valence-electron chi connectivity index (χ3n) is 2.21. The maximum atomic E-state index is 13.6. The largest absolute Gasteiger partial charge is 0.443 e. The molecule has 0 spiro atoms. The molecule has 6 heteroatoms. The molecule has 0 saturated heterocycles. The number of amides is 1. The predicted molar refractivity (Wildman–Crippen MR) is 75.0 cm³/mol. The van der Waals surface area contributed by atoms with Crippen molar-refractivity contribution in [3.63, 3.8) is 0 Å². The van der Waals surface area contributed by atoms with Gasteiger partial charge in [-0.3, -0.25) is 5.43 Å². The van der Waals surface area contributed by atoms with Crippen LogP contribution in [0.3, 0.4) is 0 Å². The van der Waals surface area contributed by atoms with Gasteiger partial charge >= 0.3 is 6.09 Å². The van der Waals surface area contributed by atoms with Crippen molar-refractivity contribution in [3.8, 4) is 0 Å². The number of hydrogen-bond acceptors (Lipinski definition) is 3. The van der Waals surface area contributed by atoms with Gasteiger partial charge in [0.1, 0.15) is 11.4 Å². The lowest BCUT2D eigenvalue weighted by Gasteiger charge is -2.21. The van der Waals surface area contributed by atoms with Gasteiger partial charge < -0.3 is 4.74 Å². The summed E-state index contributed by atoms with van der Waals surface area (Å²) in [6.07, 6.45) is -0.602. The number of nitrogens with one attached hydrogen (secondary N) is 2. The zero-order valence-corrected chi connectivity index (χ0v) is 13.0. The Hall–Kier alpha value is -1.14. The number of halogens is 2. The van der Waals surface area contributed by atoms with Crippen LogP contribution in [0.25, 0.3) is 0 Å². The van der Waals surface area contributed by atoms with Crippen LogP contribution in [0, 0.1) is 5.82 Å². The molecule has 0 fully saturated rings. The number of ether oxygens (including phenoxy) is 1. The third-order valence-corrected chi connectivity index (χ3v) is 2.71. The first-order chi connectivity index (χ1) is 8.69. The average molecular weight is 333 g/mol. The van der Waals surface area contributed by atoms with E-state index in [1.807, 2.05) is 0 Å². The smallest absolute Gasteiger partial charge is 0.422 e. The molecule has 4 nitrogen and oxygen atoms in total. The normalized spacial score (nSPS) is 12.9. The van der Waals surface area contributed by atoms with E-state index in [4.69, 9.17) is 4.74 Å². The summed E-state index contributed by atoms with van der Waals surface area (Å²) in [6, 6.07) is 4.26. The van der Waals surface area contributed by atoms with E-state index < -0.39 is 11.7 Å². The average Bonchev–Trinajstić information content (AvgIpc) is 2.27. The van der Waals surface area contributed by atoms with Gasteiger partial charge in [-0.05, 0) is 45.9 Å². The van der Waals surface area contributed by atoms with E-state index in [0.717, 1.165) is 4.47 Å². The third kappa shape index (κ3) is 5.57. The van der Waals surface area contributed by atoms with Crippen LogP contribution in [0.1, 0.15) is 39.3 Å². The summed E-state index contributed by atoms with van der Waals surface area (Å²) in [6.45, 7) is 7.04. The Morgan fingerprint density at radius 2 is 2.05 bits per heavy atom. The summed E-state index contributed by atoms with van der Waals surface area (Å²) >= 11 is 3.28. The van der Waals surface area contributed by atoms with E-state index in [2.05, 4.69) is 26.8 Å². The predicted octanol–water partition coefficient (Wildman–Crippen LogP) is 3.68. The molecule has 0 aromatic heterocycles. The van der Waals surface area contributed by atoms with Crippen molar-refractivity contribution < 1.29 is 13.9 Å². The van der Waals surface area contributed by atoms with E-state index in [-0.39, 0.29) is 11.9 Å². The molecule has 0 aliphatic carbocycles. The quantitative estimate of drug-likeness (QED) is 0.830. The fourth-order valence-corrected chi connectivity index (χ4v) is 1.77. The molecular formula is C13H18BrFN2O2. The summed E-state index contributed by atoms with van der Waals surface area (Å²) in [4.78, 5) is 11.4. The lowest BCUT2D eigenvalue weighted by Crippen LogP contribution is -2.42. The molecule has 1 amide bonds. The lowest BCUT2D eigenvalue weighted by molar-refractivity contribution is 0.0489. The van der Waals surface area contributed by atoms with E-state index in [1.165, 1.54) is 6.07 Å². The summed E-state index contributed by atoms with van der Waals surface area (Å²) in [5.74, 6) is -0.339. The Labute approximate surface area is 120 Å². The highest BCUT2D eigenvalue weighted by atomic mass is 79.9. The molecule has 1 unspecified atom stereocenters. The molecule has 0 aliphatic rings.